The topological polar surface area (TPSA) is 86.5 Å². The Morgan fingerprint density at radius 1 is 0.941 bits per heavy atom. The number of nitrogens with two attached hydrogens (primary N) is 1. The van der Waals surface area contributed by atoms with E-state index in [1.54, 1.807) is 12.3 Å². The molecule has 3 N–H and O–H groups in total. The van der Waals surface area contributed by atoms with E-state index in [9.17, 15) is 4.79 Å². The molecule has 4 rings (SSSR count). The van der Waals surface area contributed by atoms with Crippen LogP contribution in [0.25, 0.3) is 11.1 Å². The maximum Gasteiger partial charge on any atom is 0.514 e. The van der Waals surface area contributed by atoms with Gasteiger partial charge in [0.2, 0.25) is 0 Å². The van der Waals surface area contributed by atoms with Crippen molar-refractivity contribution in [3.05, 3.63) is 71.9 Å². The number of amides is 1. The fraction of sp³-hybridized carbons (Fsp3) is 0.333. The predicted octanol–water partition coefficient (Wildman–Crippen LogP) is 5.01. The molecule has 1 aliphatic heterocycles. The Labute approximate surface area is 202 Å². The molecule has 6 nitrogen and oxygen atoms in total. The summed E-state index contributed by atoms with van der Waals surface area (Å²) >= 11 is 0. The summed E-state index contributed by atoms with van der Waals surface area (Å²) in [5.74, 6) is 0.211. The minimum atomic E-state index is -0.512. The van der Waals surface area contributed by atoms with Gasteiger partial charge >= 0.3 is 7.12 Å². The van der Waals surface area contributed by atoms with Gasteiger partial charge in [0.25, 0.3) is 5.91 Å². The van der Waals surface area contributed by atoms with E-state index < -0.39 is 18.3 Å². The SMILES string of the molecule is CC(C)c1ccc(C(=O)Nc2cc(-c3ccc(B4OC(C)(C)C(C)(C)O4)nc3)ccc2N)cc1. The first-order chi connectivity index (χ1) is 16.0. The molecule has 176 valence electrons. The maximum atomic E-state index is 12.8. The summed E-state index contributed by atoms with van der Waals surface area (Å²) in [6, 6.07) is 17.1. The van der Waals surface area contributed by atoms with Gasteiger partial charge in [-0.25, -0.2) is 0 Å². The Morgan fingerprint density at radius 3 is 2.12 bits per heavy atom. The third kappa shape index (κ3) is 4.72. The highest BCUT2D eigenvalue weighted by Crippen LogP contribution is 2.36. The molecular formula is C27H32BN3O3. The summed E-state index contributed by atoms with van der Waals surface area (Å²) in [6.07, 6.45) is 1.78. The second-order valence-corrected chi connectivity index (χ2v) is 10.1. The summed E-state index contributed by atoms with van der Waals surface area (Å²) in [5.41, 5.74) is 10.7. The van der Waals surface area contributed by atoms with E-state index in [4.69, 9.17) is 15.0 Å². The Bertz CT molecular complexity index is 1170. The maximum absolute atomic E-state index is 12.8. The zero-order valence-corrected chi connectivity index (χ0v) is 20.7. The predicted molar refractivity (Wildman–Crippen MR) is 138 cm³/mol. The van der Waals surface area contributed by atoms with Crippen LogP contribution in [0.4, 0.5) is 11.4 Å². The largest absolute Gasteiger partial charge is 0.514 e. The minimum absolute atomic E-state index is 0.201. The lowest BCUT2D eigenvalue weighted by atomic mass is 9.84. The van der Waals surface area contributed by atoms with Crippen molar-refractivity contribution >= 4 is 30.0 Å². The highest BCUT2D eigenvalue weighted by molar-refractivity contribution is 6.61. The van der Waals surface area contributed by atoms with E-state index >= 15 is 0 Å². The number of pyridine rings is 1. The molecule has 0 radical (unpaired) electrons. The van der Waals surface area contributed by atoms with Crippen molar-refractivity contribution in [2.75, 3.05) is 11.1 Å². The molecule has 0 bridgehead atoms. The molecule has 0 unspecified atom stereocenters. The summed E-state index contributed by atoms with van der Waals surface area (Å²) in [6.45, 7) is 12.3. The third-order valence-corrected chi connectivity index (χ3v) is 6.76. The van der Waals surface area contributed by atoms with Gasteiger partial charge in [0.15, 0.2) is 0 Å². The average molecular weight is 457 g/mol. The van der Waals surface area contributed by atoms with Crippen molar-refractivity contribution in [2.24, 2.45) is 0 Å². The molecular weight excluding hydrogens is 425 g/mol. The number of anilines is 2. The quantitative estimate of drug-likeness (QED) is 0.416. The van der Waals surface area contributed by atoms with Crippen LogP contribution in [0.2, 0.25) is 0 Å². The molecule has 2 heterocycles. The van der Waals surface area contributed by atoms with Crippen LogP contribution in [0, 0.1) is 0 Å². The fourth-order valence-corrected chi connectivity index (χ4v) is 3.74. The van der Waals surface area contributed by atoms with E-state index in [0.29, 0.717) is 22.9 Å². The van der Waals surface area contributed by atoms with Crippen LogP contribution in [0.5, 0.6) is 0 Å². The van der Waals surface area contributed by atoms with Gasteiger partial charge in [-0.3, -0.25) is 9.78 Å². The Kier molecular flexibility index (Phi) is 6.27. The Hall–Kier alpha value is -3.16. The van der Waals surface area contributed by atoms with Crippen LogP contribution in [0.15, 0.2) is 60.8 Å². The standard InChI is InChI=1S/C27H32BN3O3/c1-17(2)18-7-9-19(10-8-18)25(32)31-23-15-20(11-13-22(23)29)21-12-14-24(30-16-21)28-33-26(3,4)27(5,6)34-28/h7-17H,29H2,1-6H3,(H,31,32). The van der Waals surface area contributed by atoms with E-state index in [-0.39, 0.29) is 5.91 Å². The van der Waals surface area contributed by atoms with E-state index in [0.717, 1.165) is 16.7 Å². The number of rotatable bonds is 5. The van der Waals surface area contributed by atoms with Crippen LogP contribution in [-0.2, 0) is 9.31 Å². The molecule has 34 heavy (non-hydrogen) atoms. The van der Waals surface area contributed by atoms with Crippen molar-refractivity contribution in [3.63, 3.8) is 0 Å². The number of hydrogen-bond acceptors (Lipinski definition) is 5. The van der Waals surface area contributed by atoms with Crippen molar-refractivity contribution < 1.29 is 14.1 Å². The molecule has 0 saturated carbocycles. The highest BCUT2D eigenvalue weighted by atomic mass is 16.7. The monoisotopic (exact) mass is 457 g/mol. The van der Waals surface area contributed by atoms with Gasteiger partial charge in [-0.1, -0.05) is 38.1 Å². The van der Waals surface area contributed by atoms with Crippen molar-refractivity contribution in [2.45, 2.75) is 58.7 Å². The van der Waals surface area contributed by atoms with Gasteiger partial charge < -0.3 is 20.4 Å². The molecule has 1 fully saturated rings. The first kappa shape index (κ1) is 24.0. The number of nitrogens with zero attached hydrogens (tertiary/aromatic N) is 1. The second kappa shape index (κ2) is 8.89. The summed E-state index contributed by atoms with van der Waals surface area (Å²) in [5, 5.41) is 2.94. The zero-order valence-electron chi connectivity index (χ0n) is 20.7. The van der Waals surface area contributed by atoms with Crippen LogP contribution < -0.4 is 16.6 Å². The lowest BCUT2D eigenvalue weighted by molar-refractivity contribution is 0.00578. The fourth-order valence-electron chi connectivity index (χ4n) is 3.74. The molecule has 2 aromatic carbocycles. The molecule has 1 aromatic heterocycles. The van der Waals surface area contributed by atoms with Crippen molar-refractivity contribution in [1.82, 2.24) is 4.98 Å². The number of nitrogen functional groups attached to an aromatic ring is 1. The molecule has 1 saturated heterocycles. The zero-order chi connectivity index (χ0) is 24.7. The average Bonchev–Trinajstić information content (AvgIpc) is 3.02. The Morgan fingerprint density at radius 2 is 1.56 bits per heavy atom. The van der Waals surface area contributed by atoms with Crippen molar-refractivity contribution in [3.8, 4) is 11.1 Å². The van der Waals surface area contributed by atoms with Gasteiger partial charge in [0.05, 0.1) is 28.2 Å². The Balaban J connectivity index is 1.51. The van der Waals surface area contributed by atoms with Crippen LogP contribution in [0.3, 0.4) is 0 Å². The molecule has 7 heteroatoms. The number of hydrogen-bond donors (Lipinski definition) is 2. The summed E-state index contributed by atoms with van der Waals surface area (Å²) in [4.78, 5) is 17.4. The summed E-state index contributed by atoms with van der Waals surface area (Å²) < 4.78 is 12.2. The van der Waals surface area contributed by atoms with Gasteiger partial charge in [-0.15, -0.1) is 0 Å². The van der Waals surface area contributed by atoms with Gasteiger partial charge in [0, 0.05) is 17.3 Å². The lowest BCUT2D eigenvalue weighted by Gasteiger charge is -2.32. The number of carbonyl (C=O) groups is 1. The first-order valence-electron chi connectivity index (χ1n) is 11.6. The molecule has 1 amide bonds. The minimum Gasteiger partial charge on any atom is -0.398 e. The van der Waals surface area contributed by atoms with Gasteiger partial charge in [0.1, 0.15) is 0 Å². The molecule has 1 aliphatic rings. The third-order valence-electron chi connectivity index (χ3n) is 6.76. The number of aromatic nitrogens is 1. The molecule has 0 spiro atoms. The second-order valence-electron chi connectivity index (χ2n) is 10.1. The highest BCUT2D eigenvalue weighted by Gasteiger charge is 2.52. The molecule has 0 aliphatic carbocycles. The van der Waals surface area contributed by atoms with E-state index in [1.807, 2.05) is 76.2 Å². The van der Waals surface area contributed by atoms with Gasteiger partial charge in [-0.2, -0.15) is 0 Å². The van der Waals surface area contributed by atoms with Gasteiger partial charge in [-0.05, 0) is 75.1 Å². The molecule has 0 atom stereocenters. The number of nitrogens with one attached hydrogen (secondary N) is 1. The van der Waals surface area contributed by atoms with Crippen LogP contribution >= 0.6 is 0 Å². The van der Waals surface area contributed by atoms with Crippen LogP contribution in [-0.4, -0.2) is 29.2 Å². The van der Waals surface area contributed by atoms with Crippen LogP contribution in [0.1, 0.15) is 63.4 Å². The lowest BCUT2D eigenvalue weighted by Crippen LogP contribution is -2.41. The summed E-state index contributed by atoms with van der Waals surface area (Å²) in [7, 11) is -0.512. The number of benzene rings is 2. The number of carbonyl (C=O) groups excluding carboxylic acids is 1. The van der Waals surface area contributed by atoms with E-state index in [2.05, 4.69) is 24.1 Å². The van der Waals surface area contributed by atoms with E-state index in [1.165, 1.54) is 5.56 Å². The normalized spacial score (nSPS) is 16.6. The van der Waals surface area contributed by atoms with Crippen molar-refractivity contribution in [1.29, 1.82) is 0 Å². The first-order valence-corrected chi connectivity index (χ1v) is 11.6. The smallest absolute Gasteiger partial charge is 0.398 e. The molecule has 3 aromatic rings.